The number of ether oxygens (including phenoxy) is 2. The van der Waals surface area contributed by atoms with Crippen LogP contribution in [0.1, 0.15) is 230 Å². The lowest BCUT2D eigenvalue weighted by atomic mass is 9.68. The zero-order valence-corrected chi connectivity index (χ0v) is 40.8. The van der Waals surface area contributed by atoms with Crippen molar-refractivity contribution in [1.29, 1.82) is 0 Å². The Balaban J connectivity index is 0.000000217. The molecule has 0 bridgehead atoms. The number of hydrogen-bond donors (Lipinski definition) is 2. The van der Waals surface area contributed by atoms with Crippen molar-refractivity contribution in [3.8, 4) is 0 Å². The first-order valence-electron chi connectivity index (χ1n) is 26.3. The van der Waals surface area contributed by atoms with Crippen LogP contribution in [-0.4, -0.2) is 23.7 Å². The summed E-state index contributed by atoms with van der Waals surface area (Å²) in [4.78, 5) is 10.1. The van der Waals surface area contributed by atoms with Gasteiger partial charge >= 0.3 is 0 Å². The minimum absolute atomic E-state index is 0.150. The van der Waals surface area contributed by atoms with Gasteiger partial charge in [-0.1, -0.05) is 142 Å². The Bertz CT molecular complexity index is 1320. The summed E-state index contributed by atoms with van der Waals surface area (Å²) in [6.07, 6.45) is 26.0. The average Bonchev–Trinajstić information content (AvgIpc) is 3.33. The molecule has 5 aliphatic carbocycles. The van der Waals surface area contributed by atoms with Crippen LogP contribution in [-0.2, 0) is 19.2 Å². The molecule has 1 saturated heterocycles. The fourth-order valence-corrected chi connectivity index (χ4v) is 12.4. The predicted octanol–water partition coefficient (Wildman–Crippen LogP) is 16.7. The maximum Gasteiger partial charge on any atom is 0.183 e. The summed E-state index contributed by atoms with van der Waals surface area (Å²) in [5.41, 5.74) is 4.73. The Kier molecular flexibility index (Phi) is 22.3. The Morgan fingerprint density at radius 2 is 0.710 bits per heavy atom. The largest absolute Gasteiger partial charge is 0.348 e. The van der Waals surface area contributed by atoms with E-state index in [1.165, 1.54) is 121 Å². The Labute approximate surface area is 379 Å². The van der Waals surface area contributed by atoms with Crippen LogP contribution in [0.25, 0.3) is 0 Å². The summed E-state index contributed by atoms with van der Waals surface area (Å²) in [5.74, 6) is 8.46. The number of hydrogen-bond acceptors (Lipinski definition) is 6. The van der Waals surface area contributed by atoms with Gasteiger partial charge in [-0.25, -0.2) is 9.78 Å². The lowest BCUT2D eigenvalue weighted by Gasteiger charge is -2.38. The second-order valence-corrected chi connectivity index (χ2v) is 20.8. The molecule has 6 fully saturated rings. The normalized spacial score (nSPS) is 35.0. The van der Waals surface area contributed by atoms with Crippen molar-refractivity contribution in [3.63, 3.8) is 0 Å². The first-order valence-corrected chi connectivity index (χ1v) is 26.3. The predicted molar refractivity (Wildman–Crippen MR) is 256 cm³/mol. The quantitative estimate of drug-likeness (QED) is 0.183. The summed E-state index contributed by atoms with van der Waals surface area (Å²) in [7, 11) is 0. The average molecular weight is 861 g/mol. The highest BCUT2D eigenvalue weighted by Crippen LogP contribution is 2.47. The number of rotatable bonds is 10. The molecule has 2 aromatic rings. The zero-order chi connectivity index (χ0) is 44.4. The zero-order valence-electron chi connectivity index (χ0n) is 40.8. The third-order valence-electron chi connectivity index (χ3n) is 16.5. The highest BCUT2D eigenvalue weighted by atomic mass is 17.1. The molecule has 0 aromatic heterocycles. The van der Waals surface area contributed by atoms with Gasteiger partial charge in [0.1, 0.15) is 12.2 Å². The van der Waals surface area contributed by atoms with Crippen molar-refractivity contribution in [2.45, 2.75) is 208 Å². The van der Waals surface area contributed by atoms with E-state index < -0.39 is 0 Å². The lowest BCUT2D eigenvalue weighted by Crippen LogP contribution is -2.28. The molecule has 6 aliphatic rings. The second-order valence-electron chi connectivity index (χ2n) is 20.8. The third-order valence-corrected chi connectivity index (χ3v) is 16.5. The maximum atomic E-state index is 9.72. The molecule has 0 radical (unpaired) electrons. The molecular weight excluding hydrogens is 769 g/mol. The van der Waals surface area contributed by atoms with E-state index in [0.717, 1.165) is 90.1 Å². The van der Waals surface area contributed by atoms with E-state index in [2.05, 4.69) is 76.2 Å². The fourth-order valence-electron chi connectivity index (χ4n) is 12.4. The van der Waals surface area contributed by atoms with Gasteiger partial charge in [0, 0.05) is 11.5 Å². The van der Waals surface area contributed by atoms with E-state index in [0.29, 0.717) is 17.8 Å². The molecule has 0 spiro atoms. The molecule has 8 rings (SSSR count). The van der Waals surface area contributed by atoms with Crippen LogP contribution in [0.3, 0.4) is 0 Å². The SMILES string of the molecule is CC.CC.CC1CCC(C2CCC(C(OO)c3ccc(C4OCC(C)CO4)cc3)CC2)CC1.CC1CCC(c2ccc(C(OO)C3CCC(C4CCC(C)CC4)CC3)cc2)CC1. The van der Waals surface area contributed by atoms with E-state index >= 15 is 0 Å². The minimum Gasteiger partial charge on any atom is -0.348 e. The van der Waals surface area contributed by atoms with Crippen LogP contribution >= 0.6 is 0 Å². The van der Waals surface area contributed by atoms with Crippen molar-refractivity contribution in [2.75, 3.05) is 13.2 Å². The second kappa shape index (κ2) is 27.0. The van der Waals surface area contributed by atoms with Crippen LogP contribution in [0.15, 0.2) is 48.5 Å². The van der Waals surface area contributed by atoms with Gasteiger partial charge in [0.2, 0.25) is 0 Å². The van der Waals surface area contributed by atoms with Crippen LogP contribution in [0.5, 0.6) is 0 Å². The van der Waals surface area contributed by atoms with Crippen LogP contribution in [0.4, 0.5) is 0 Å². The van der Waals surface area contributed by atoms with Crippen molar-refractivity contribution in [3.05, 3.63) is 70.8 Å². The van der Waals surface area contributed by atoms with Crippen molar-refractivity contribution < 1.29 is 29.8 Å². The number of benzene rings is 2. The third kappa shape index (κ3) is 14.6. The molecule has 5 saturated carbocycles. The van der Waals surface area contributed by atoms with Crippen LogP contribution < -0.4 is 0 Å². The summed E-state index contributed by atoms with van der Waals surface area (Å²) in [6, 6.07) is 17.3. The van der Waals surface area contributed by atoms with Crippen molar-refractivity contribution >= 4 is 0 Å². The Morgan fingerprint density at radius 3 is 1.05 bits per heavy atom. The van der Waals surface area contributed by atoms with Crippen molar-refractivity contribution in [1.82, 2.24) is 0 Å². The standard InChI is InChI=1S/C27H42O2.C25H38O4.2C2H6/c1-19-3-7-21(8-4-19)23-11-15-25(16-12-23)27(29-28)26-17-13-24(14-18-26)22-9-5-20(2)6-10-22;1-17-3-5-19(6-4-17)20-7-9-21(10-8-20)24(29-26)22-11-13-23(14-12-22)25-27-15-18(2)16-28-25;2*1-2/h11-12,15-16,19-22,24,26-28H,3-10,13-14,17-18H2,1-2H3;11-14,17-21,24-26H,3-10,15-16H2,1-2H3;2*1-2H3. The fraction of sp³-hybridized carbons (Fsp3) is 0.786. The molecule has 2 unspecified atom stereocenters. The summed E-state index contributed by atoms with van der Waals surface area (Å²) >= 11 is 0. The molecule has 1 heterocycles. The Hall–Kier alpha value is -1.80. The molecule has 0 amide bonds. The smallest absolute Gasteiger partial charge is 0.183 e. The van der Waals surface area contributed by atoms with Gasteiger partial charge in [0.15, 0.2) is 6.29 Å². The molecule has 6 heteroatoms. The molecule has 62 heavy (non-hydrogen) atoms. The molecule has 6 nitrogen and oxygen atoms in total. The molecule has 1 aliphatic heterocycles. The van der Waals surface area contributed by atoms with E-state index in [1.54, 1.807) is 0 Å². The van der Waals surface area contributed by atoms with Gasteiger partial charge in [0.25, 0.3) is 0 Å². The van der Waals surface area contributed by atoms with Gasteiger partial charge < -0.3 is 9.47 Å². The summed E-state index contributed by atoms with van der Waals surface area (Å²) in [6.45, 7) is 18.8. The highest BCUT2D eigenvalue weighted by molar-refractivity contribution is 5.28. The summed E-state index contributed by atoms with van der Waals surface area (Å²) < 4.78 is 11.6. The van der Waals surface area contributed by atoms with Crippen LogP contribution in [0.2, 0.25) is 0 Å². The topological polar surface area (TPSA) is 77.4 Å². The first kappa shape index (κ1) is 51.2. The molecule has 352 valence electrons. The highest BCUT2D eigenvalue weighted by Gasteiger charge is 2.36. The van der Waals surface area contributed by atoms with Gasteiger partial charge in [-0.05, 0) is 166 Å². The maximum absolute atomic E-state index is 9.72. The Morgan fingerprint density at radius 1 is 0.403 bits per heavy atom. The minimum atomic E-state index is -0.276. The van der Waals surface area contributed by atoms with Crippen LogP contribution in [0, 0.1) is 59.2 Å². The molecule has 2 N–H and O–H groups in total. The van der Waals surface area contributed by atoms with E-state index in [9.17, 15) is 10.5 Å². The van der Waals surface area contributed by atoms with Gasteiger partial charge in [-0.3, -0.25) is 10.5 Å². The first-order chi connectivity index (χ1) is 30.3. The monoisotopic (exact) mass is 861 g/mol. The molecule has 2 atom stereocenters. The van der Waals surface area contributed by atoms with E-state index in [1.807, 2.05) is 27.7 Å². The summed E-state index contributed by atoms with van der Waals surface area (Å²) in [5, 5.41) is 19.4. The van der Waals surface area contributed by atoms with E-state index in [-0.39, 0.29) is 18.5 Å². The van der Waals surface area contributed by atoms with Gasteiger partial charge in [-0.15, -0.1) is 0 Å². The molecular formula is C56H92O6. The van der Waals surface area contributed by atoms with Gasteiger partial charge in [0.05, 0.1) is 13.2 Å². The van der Waals surface area contributed by atoms with Gasteiger partial charge in [-0.2, -0.15) is 0 Å². The van der Waals surface area contributed by atoms with E-state index in [4.69, 9.17) is 19.2 Å². The molecule has 2 aromatic carbocycles. The lowest BCUT2D eigenvalue weighted by molar-refractivity contribution is -0.296. The van der Waals surface area contributed by atoms with Crippen molar-refractivity contribution in [2.24, 2.45) is 59.2 Å².